The van der Waals surface area contributed by atoms with E-state index in [4.69, 9.17) is 0 Å². The highest BCUT2D eigenvalue weighted by molar-refractivity contribution is 6.02. The third-order valence-electron chi connectivity index (χ3n) is 3.12. The Hall–Kier alpha value is -2.21. The minimum atomic E-state index is -1.13. The summed E-state index contributed by atoms with van der Waals surface area (Å²) in [4.78, 5) is 13.3. The van der Waals surface area contributed by atoms with Crippen LogP contribution < -0.4 is 4.90 Å². The van der Waals surface area contributed by atoms with Crippen molar-refractivity contribution >= 4 is 22.6 Å². The van der Waals surface area contributed by atoms with Crippen LogP contribution in [-0.2, 0) is 0 Å². The quantitative estimate of drug-likeness (QED) is 0.874. The Morgan fingerprint density at radius 2 is 1.95 bits per heavy atom. The van der Waals surface area contributed by atoms with Crippen molar-refractivity contribution in [2.75, 3.05) is 18.0 Å². The lowest BCUT2D eigenvalue weighted by Crippen LogP contribution is -2.39. The van der Waals surface area contributed by atoms with Crippen molar-refractivity contribution in [3.05, 3.63) is 30.0 Å². The molecule has 2 aromatic rings. The summed E-state index contributed by atoms with van der Waals surface area (Å²) in [5.74, 6) is -1.13. The van der Waals surface area contributed by atoms with Gasteiger partial charge in [0.25, 0.3) is 0 Å². The molecule has 2 rings (SSSR count). The summed E-state index contributed by atoms with van der Waals surface area (Å²) in [5.41, 5.74) is 0.0834. The van der Waals surface area contributed by atoms with Gasteiger partial charge in [0.1, 0.15) is 0 Å². The van der Waals surface area contributed by atoms with Gasteiger partial charge in [-0.05, 0) is 26.8 Å². The molecule has 6 heteroatoms. The molecule has 1 aromatic heterocycles. The minimum Gasteiger partial charge on any atom is -0.476 e. The standard InChI is InChI=1S/C15H19N3O3/c1-4-18(9-15(2,3)21)13-10-7-5-6-8-11(10)16-17-12(13)14(19)20/h5-8,21H,4,9H2,1-3H3,(H,19,20). The van der Waals surface area contributed by atoms with Crippen LogP contribution in [0.2, 0.25) is 0 Å². The van der Waals surface area contributed by atoms with Gasteiger partial charge in [0, 0.05) is 18.5 Å². The fourth-order valence-electron chi connectivity index (χ4n) is 2.32. The Morgan fingerprint density at radius 1 is 1.29 bits per heavy atom. The molecule has 0 amide bonds. The number of hydrogen-bond donors (Lipinski definition) is 2. The Kier molecular flexibility index (Phi) is 4.09. The Labute approximate surface area is 123 Å². The zero-order valence-corrected chi connectivity index (χ0v) is 12.4. The first kappa shape index (κ1) is 15.2. The molecule has 0 aliphatic rings. The van der Waals surface area contributed by atoms with Crippen LogP contribution in [0.5, 0.6) is 0 Å². The molecule has 0 saturated carbocycles. The molecule has 0 radical (unpaired) electrons. The first-order valence-electron chi connectivity index (χ1n) is 6.79. The van der Waals surface area contributed by atoms with Crippen molar-refractivity contribution in [1.29, 1.82) is 0 Å². The van der Waals surface area contributed by atoms with E-state index in [1.165, 1.54) is 0 Å². The second-order valence-electron chi connectivity index (χ2n) is 5.55. The van der Waals surface area contributed by atoms with E-state index in [1.54, 1.807) is 19.9 Å². The van der Waals surface area contributed by atoms with Crippen LogP contribution in [0.1, 0.15) is 31.3 Å². The van der Waals surface area contributed by atoms with Crippen LogP contribution in [0.15, 0.2) is 24.3 Å². The number of aromatic carboxylic acids is 1. The molecule has 0 atom stereocenters. The maximum Gasteiger partial charge on any atom is 0.358 e. The average Bonchev–Trinajstić information content (AvgIpc) is 2.42. The molecule has 0 spiro atoms. The maximum absolute atomic E-state index is 11.5. The number of fused-ring (bicyclic) bond motifs is 1. The highest BCUT2D eigenvalue weighted by atomic mass is 16.4. The molecule has 0 bridgehead atoms. The van der Waals surface area contributed by atoms with Gasteiger partial charge in [0.15, 0.2) is 5.69 Å². The van der Waals surface area contributed by atoms with E-state index in [-0.39, 0.29) is 5.69 Å². The summed E-state index contributed by atoms with van der Waals surface area (Å²) in [6.07, 6.45) is 0. The molecule has 1 heterocycles. The summed E-state index contributed by atoms with van der Waals surface area (Å²) >= 11 is 0. The van der Waals surface area contributed by atoms with Gasteiger partial charge in [-0.15, -0.1) is 10.2 Å². The van der Waals surface area contributed by atoms with E-state index < -0.39 is 11.6 Å². The predicted molar refractivity (Wildman–Crippen MR) is 80.7 cm³/mol. The number of carbonyl (C=O) groups is 1. The molecule has 6 nitrogen and oxygen atoms in total. The number of aromatic nitrogens is 2. The number of anilines is 1. The second-order valence-corrected chi connectivity index (χ2v) is 5.55. The van der Waals surface area contributed by atoms with Gasteiger partial charge in [-0.25, -0.2) is 4.79 Å². The van der Waals surface area contributed by atoms with Gasteiger partial charge >= 0.3 is 5.97 Å². The van der Waals surface area contributed by atoms with Gasteiger partial charge in [0.05, 0.1) is 16.8 Å². The lowest BCUT2D eigenvalue weighted by molar-refractivity contribution is 0.0686. The summed E-state index contributed by atoms with van der Waals surface area (Å²) in [5, 5.41) is 27.9. The van der Waals surface area contributed by atoms with Crippen molar-refractivity contribution < 1.29 is 15.0 Å². The van der Waals surface area contributed by atoms with Gasteiger partial charge in [0.2, 0.25) is 0 Å². The monoisotopic (exact) mass is 289 g/mol. The number of nitrogens with zero attached hydrogens (tertiary/aromatic N) is 3. The van der Waals surface area contributed by atoms with E-state index in [9.17, 15) is 15.0 Å². The Morgan fingerprint density at radius 3 is 2.52 bits per heavy atom. The molecular weight excluding hydrogens is 270 g/mol. The topological polar surface area (TPSA) is 86.5 Å². The van der Waals surface area contributed by atoms with E-state index >= 15 is 0 Å². The van der Waals surface area contributed by atoms with Crippen molar-refractivity contribution in [2.24, 2.45) is 0 Å². The smallest absolute Gasteiger partial charge is 0.358 e. The molecule has 0 fully saturated rings. The highest BCUT2D eigenvalue weighted by Crippen LogP contribution is 2.29. The molecule has 1 aromatic carbocycles. The molecule has 112 valence electrons. The maximum atomic E-state index is 11.5. The van der Waals surface area contributed by atoms with E-state index in [1.807, 2.05) is 30.0 Å². The molecule has 21 heavy (non-hydrogen) atoms. The number of hydrogen-bond acceptors (Lipinski definition) is 5. The Bertz CT molecular complexity index is 665. The van der Waals surface area contributed by atoms with Gasteiger partial charge in [-0.3, -0.25) is 0 Å². The van der Waals surface area contributed by atoms with Crippen LogP contribution in [0, 0.1) is 0 Å². The van der Waals surface area contributed by atoms with E-state index in [0.717, 1.165) is 5.39 Å². The van der Waals surface area contributed by atoms with Crippen molar-refractivity contribution in [3.8, 4) is 0 Å². The largest absolute Gasteiger partial charge is 0.476 e. The number of aliphatic hydroxyl groups is 1. The Balaban J connectivity index is 2.67. The third-order valence-corrected chi connectivity index (χ3v) is 3.12. The summed E-state index contributed by atoms with van der Waals surface area (Å²) in [6, 6.07) is 7.26. The second kappa shape index (κ2) is 5.65. The number of carboxylic acids is 1. The van der Waals surface area contributed by atoms with Crippen molar-refractivity contribution in [3.63, 3.8) is 0 Å². The minimum absolute atomic E-state index is 0.0974. The zero-order valence-electron chi connectivity index (χ0n) is 12.4. The van der Waals surface area contributed by atoms with Gasteiger partial charge < -0.3 is 15.1 Å². The van der Waals surface area contributed by atoms with E-state index in [2.05, 4.69) is 10.2 Å². The zero-order chi connectivity index (χ0) is 15.6. The lowest BCUT2D eigenvalue weighted by atomic mass is 10.1. The van der Waals surface area contributed by atoms with Crippen molar-refractivity contribution in [1.82, 2.24) is 10.2 Å². The first-order valence-corrected chi connectivity index (χ1v) is 6.79. The highest BCUT2D eigenvalue weighted by Gasteiger charge is 2.25. The van der Waals surface area contributed by atoms with Crippen LogP contribution in [0.4, 0.5) is 5.69 Å². The van der Waals surface area contributed by atoms with Crippen LogP contribution in [-0.4, -0.2) is 45.1 Å². The summed E-state index contributed by atoms with van der Waals surface area (Å²) in [7, 11) is 0. The fraction of sp³-hybridized carbons (Fsp3) is 0.400. The fourth-order valence-corrected chi connectivity index (χ4v) is 2.32. The summed E-state index contributed by atoms with van der Waals surface area (Å²) < 4.78 is 0. The van der Waals surface area contributed by atoms with Crippen LogP contribution >= 0.6 is 0 Å². The van der Waals surface area contributed by atoms with Crippen molar-refractivity contribution in [2.45, 2.75) is 26.4 Å². The van der Waals surface area contributed by atoms with E-state index in [0.29, 0.717) is 24.3 Å². The molecule has 0 unspecified atom stereocenters. The number of benzene rings is 1. The molecular formula is C15H19N3O3. The molecule has 0 saturated heterocycles. The molecule has 2 N–H and O–H groups in total. The predicted octanol–water partition coefficient (Wildman–Crippen LogP) is 1.93. The average molecular weight is 289 g/mol. The first-order chi connectivity index (χ1) is 9.83. The number of likely N-dealkylation sites (N-methyl/N-ethyl adjacent to an activating group) is 1. The number of carboxylic acid groups (broad SMARTS) is 1. The number of rotatable bonds is 5. The van der Waals surface area contributed by atoms with Crippen LogP contribution in [0.25, 0.3) is 10.9 Å². The molecule has 0 aliphatic carbocycles. The van der Waals surface area contributed by atoms with Gasteiger partial charge in [-0.2, -0.15) is 0 Å². The lowest BCUT2D eigenvalue weighted by Gasteiger charge is -2.31. The SMILES string of the molecule is CCN(CC(C)(C)O)c1c(C(=O)O)nnc2ccccc12. The normalized spacial score (nSPS) is 11.6. The third kappa shape index (κ3) is 3.28. The summed E-state index contributed by atoms with van der Waals surface area (Å²) in [6.45, 7) is 6.14. The molecule has 0 aliphatic heterocycles. The van der Waals surface area contributed by atoms with Crippen LogP contribution in [0.3, 0.4) is 0 Å². The van der Waals surface area contributed by atoms with Gasteiger partial charge in [-0.1, -0.05) is 18.2 Å².